The van der Waals surface area contributed by atoms with Gasteiger partial charge in [0.15, 0.2) is 5.60 Å². The number of halogens is 4. The molecule has 3 nitrogen and oxygen atoms in total. The van der Waals surface area contributed by atoms with Crippen LogP contribution in [-0.2, 0) is 10.3 Å². The first-order chi connectivity index (χ1) is 9.53. The van der Waals surface area contributed by atoms with Crippen molar-refractivity contribution in [2.45, 2.75) is 11.1 Å². The van der Waals surface area contributed by atoms with Gasteiger partial charge in [0, 0.05) is 5.56 Å². The molecule has 7 heteroatoms. The number of hydrogen-bond donors (Lipinski definition) is 1. The Morgan fingerprint density at radius 3 is 2.30 bits per heavy atom. The number of ether oxygens (including phenoxy) is 1. The smallest absolute Gasteiger partial charge is 0.181 e. The van der Waals surface area contributed by atoms with Crippen molar-refractivity contribution in [2.75, 3.05) is 26.6 Å². The quantitative estimate of drug-likeness (QED) is 0.863. The van der Waals surface area contributed by atoms with Gasteiger partial charge in [0.25, 0.3) is 0 Å². The monoisotopic (exact) mass is 290 g/mol. The molecule has 1 aliphatic heterocycles. The molecule has 0 aromatic heterocycles. The molecule has 1 unspecified atom stereocenters. The average Bonchev–Trinajstić information content (AvgIpc) is 2.48. The van der Waals surface area contributed by atoms with Gasteiger partial charge >= 0.3 is 0 Å². The van der Waals surface area contributed by atoms with E-state index < -0.39 is 49.4 Å². The molecule has 0 saturated carbocycles. The van der Waals surface area contributed by atoms with Crippen molar-refractivity contribution in [2.24, 2.45) is 10.7 Å². The fourth-order valence-electron chi connectivity index (χ4n) is 2.06. The van der Waals surface area contributed by atoms with E-state index in [4.69, 9.17) is 10.5 Å². The van der Waals surface area contributed by atoms with Gasteiger partial charge in [-0.15, -0.1) is 0 Å². The van der Waals surface area contributed by atoms with Gasteiger partial charge in [-0.3, -0.25) is 4.99 Å². The molecule has 1 atom stereocenters. The first-order valence-corrected chi connectivity index (χ1v) is 5.96. The van der Waals surface area contributed by atoms with E-state index >= 15 is 0 Å². The Bertz CT molecular complexity index is 519. The molecule has 0 radical (unpaired) electrons. The van der Waals surface area contributed by atoms with Crippen LogP contribution in [0.5, 0.6) is 0 Å². The third-order valence-corrected chi connectivity index (χ3v) is 3.42. The molecule has 1 aromatic carbocycles. The molecule has 1 aromatic rings. The standard InChI is InChI=1S/C13H14F4N2O/c14-5-12(9-3-1-2-4-10(9)17)8-20-13(6-15,7-16)11(18)19-12/h1-4H,5-8H2,(H2,18,19). The largest absolute Gasteiger partial charge is 0.385 e. The van der Waals surface area contributed by atoms with E-state index in [-0.39, 0.29) is 5.56 Å². The topological polar surface area (TPSA) is 47.6 Å². The molecule has 2 N–H and O–H groups in total. The zero-order chi connectivity index (χ0) is 14.8. The molecular weight excluding hydrogens is 276 g/mol. The van der Waals surface area contributed by atoms with E-state index in [9.17, 15) is 17.6 Å². The third kappa shape index (κ3) is 2.15. The highest BCUT2D eigenvalue weighted by Crippen LogP contribution is 2.35. The number of aliphatic imine (C=N–C) groups is 1. The Kier molecular flexibility index (Phi) is 3.99. The fraction of sp³-hybridized carbons (Fsp3) is 0.462. The summed E-state index contributed by atoms with van der Waals surface area (Å²) in [5, 5.41) is 0. The second-order valence-corrected chi connectivity index (χ2v) is 4.69. The van der Waals surface area contributed by atoms with Gasteiger partial charge in [0.05, 0.1) is 6.61 Å². The van der Waals surface area contributed by atoms with Crippen LogP contribution in [0.3, 0.4) is 0 Å². The number of rotatable bonds is 4. The van der Waals surface area contributed by atoms with Crippen LogP contribution >= 0.6 is 0 Å². The van der Waals surface area contributed by atoms with Crippen molar-refractivity contribution in [3.63, 3.8) is 0 Å². The molecular formula is C13H14F4N2O. The summed E-state index contributed by atoms with van der Waals surface area (Å²) in [6, 6.07) is 5.43. The van der Waals surface area contributed by atoms with Crippen LogP contribution in [0.4, 0.5) is 17.6 Å². The number of benzene rings is 1. The summed E-state index contributed by atoms with van der Waals surface area (Å²) >= 11 is 0. The van der Waals surface area contributed by atoms with Crippen molar-refractivity contribution in [1.82, 2.24) is 0 Å². The van der Waals surface area contributed by atoms with Crippen molar-refractivity contribution < 1.29 is 22.3 Å². The van der Waals surface area contributed by atoms with Crippen LogP contribution in [0.25, 0.3) is 0 Å². The maximum Gasteiger partial charge on any atom is 0.181 e. The maximum absolute atomic E-state index is 13.8. The molecule has 1 aliphatic rings. The van der Waals surface area contributed by atoms with Crippen molar-refractivity contribution in [3.05, 3.63) is 35.6 Å². The highest BCUT2D eigenvalue weighted by molar-refractivity contribution is 5.90. The Balaban J connectivity index is 2.50. The third-order valence-electron chi connectivity index (χ3n) is 3.42. The van der Waals surface area contributed by atoms with Gasteiger partial charge in [0.2, 0.25) is 0 Å². The number of amidine groups is 1. The normalized spacial score (nSPS) is 25.3. The number of nitrogens with two attached hydrogens (primary N) is 1. The molecule has 0 saturated heterocycles. The Morgan fingerprint density at radius 2 is 1.80 bits per heavy atom. The van der Waals surface area contributed by atoms with E-state index in [2.05, 4.69) is 4.99 Å². The van der Waals surface area contributed by atoms with E-state index in [0.29, 0.717) is 0 Å². The fourth-order valence-corrected chi connectivity index (χ4v) is 2.06. The summed E-state index contributed by atoms with van der Waals surface area (Å²) in [4.78, 5) is 3.83. The van der Waals surface area contributed by atoms with Gasteiger partial charge in [-0.1, -0.05) is 18.2 Å². The number of alkyl halides is 3. The Morgan fingerprint density at radius 1 is 1.15 bits per heavy atom. The molecule has 0 spiro atoms. The lowest BCUT2D eigenvalue weighted by Gasteiger charge is -2.39. The summed E-state index contributed by atoms with van der Waals surface area (Å²) in [6.07, 6.45) is 0. The molecule has 1 heterocycles. The predicted molar refractivity (Wildman–Crippen MR) is 66.3 cm³/mol. The van der Waals surface area contributed by atoms with E-state index in [1.807, 2.05) is 0 Å². The Labute approximate surface area is 113 Å². The van der Waals surface area contributed by atoms with Gasteiger partial charge < -0.3 is 10.5 Å². The molecule has 0 aliphatic carbocycles. The van der Waals surface area contributed by atoms with Crippen molar-refractivity contribution >= 4 is 5.84 Å². The van der Waals surface area contributed by atoms with Crippen LogP contribution in [-0.4, -0.2) is 38.1 Å². The summed E-state index contributed by atoms with van der Waals surface area (Å²) in [5.74, 6) is -1.19. The lowest BCUT2D eigenvalue weighted by Crippen LogP contribution is -2.58. The number of nitrogens with zero attached hydrogens (tertiary/aromatic N) is 1. The average molecular weight is 290 g/mol. The first kappa shape index (κ1) is 14.8. The SMILES string of the molecule is NC1=NC(CF)(c2ccccc2F)COC1(CF)CF. The lowest BCUT2D eigenvalue weighted by atomic mass is 9.89. The van der Waals surface area contributed by atoms with E-state index in [1.165, 1.54) is 18.2 Å². The maximum atomic E-state index is 13.8. The molecule has 0 fully saturated rings. The van der Waals surface area contributed by atoms with Crippen LogP contribution < -0.4 is 5.73 Å². The zero-order valence-corrected chi connectivity index (χ0v) is 10.6. The molecule has 20 heavy (non-hydrogen) atoms. The second-order valence-electron chi connectivity index (χ2n) is 4.69. The van der Waals surface area contributed by atoms with Gasteiger partial charge in [-0.05, 0) is 6.07 Å². The van der Waals surface area contributed by atoms with Crippen LogP contribution in [0.2, 0.25) is 0 Å². The van der Waals surface area contributed by atoms with E-state index in [0.717, 1.165) is 6.07 Å². The van der Waals surface area contributed by atoms with E-state index in [1.54, 1.807) is 0 Å². The lowest BCUT2D eigenvalue weighted by molar-refractivity contribution is -0.0644. The highest BCUT2D eigenvalue weighted by atomic mass is 19.1. The van der Waals surface area contributed by atoms with Crippen LogP contribution in [0.15, 0.2) is 29.3 Å². The summed E-state index contributed by atoms with van der Waals surface area (Å²) < 4.78 is 58.2. The minimum atomic E-state index is -2.00. The van der Waals surface area contributed by atoms with Gasteiger partial charge in [-0.2, -0.15) is 0 Å². The molecule has 2 rings (SSSR count). The van der Waals surface area contributed by atoms with Crippen LogP contribution in [0.1, 0.15) is 5.56 Å². The van der Waals surface area contributed by atoms with Gasteiger partial charge in [-0.25, -0.2) is 17.6 Å². The molecule has 0 amide bonds. The summed E-state index contributed by atoms with van der Waals surface area (Å²) in [5.41, 5.74) is 1.77. The minimum absolute atomic E-state index is 0.0585. The second kappa shape index (κ2) is 5.40. The van der Waals surface area contributed by atoms with Crippen molar-refractivity contribution in [1.29, 1.82) is 0 Å². The molecule has 0 bridgehead atoms. The Hall–Kier alpha value is -1.63. The minimum Gasteiger partial charge on any atom is -0.385 e. The zero-order valence-electron chi connectivity index (χ0n) is 10.6. The van der Waals surface area contributed by atoms with Crippen molar-refractivity contribution in [3.8, 4) is 0 Å². The summed E-state index contributed by atoms with van der Waals surface area (Å²) in [7, 11) is 0. The molecule has 110 valence electrons. The predicted octanol–water partition coefficient (Wildman–Crippen LogP) is 2.06. The highest BCUT2D eigenvalue weighted by Gasteiger charge is 2.48. The number of hydrogen-bond acceptors (Lipinski definition) is 3. The summed E-state index contributed by atoms with van der Waals surface area (Å²) in [6.45, 7) is -4.03. The first-order valence-electron chi connectivity index (χ1n) is 5.96. The van der Waals surface area contributed by atoms with Gasteiger partial charge in [0.1, 0.15) is 37.2 Å². The van der Waals surface area contributed by atoms with Crippen LogP contribution in [0, 0.1) is 5.82 Å².